The lowest BCUT2D eigenvalue weighted by Crippen LogP contribution is -1.98. The van der Waals surface area contributed by atoms with E-state index in [-0.39, 0.29) is 13.2 Å². The summed E-state index contributed by atoms with van der Waals surface area (Å²) in [5, 5.41) is 9.33. The van der Waals surface area contributed by atoms with Gasteiger partial charge in [0.25, 0.3) is 0 Å². The van der Waals surface area contributed by atoms with Crippen molar-refractivity contribution in [2.24, 2.45) is 0 Å². The van der Waals surface area contributed by atoms with Crippen LogP contribution in [0.2, 0.25) is 5.02 Å². The summed E-state index contributed by atoms with van der Waals surface area (Å²) in [4.78, 5) is 0. The van der Waals surface area contributed by atoms with E-state index in [1.807, 2.05) is 0 Å². The van der Waals surface area contributed by atoms with Crippen LogP contribution in [-0.2, 0) is 6.61 Å². The smallest absolute Gasteiger partial charge is 0.181 e. The number of aliphatic hydroxyl groups excluding tert-OH is 1. The van der Waals surface area contributed by atoms with E-state index in [2.05, 4.69) is 5.92 Å². The summed E-state index contributed by atoms with van der Waals surface area (Å²) >= 11 is 5.94. The van der Waals surface area contributed by atoms with Gasteiger partial charge >= 0.3 is 0 Å². The first-order chi connectivity index (χ1) is 7.22. The molecular formula is C11H11ClO3. The lowest BCUT2D eigenvalue weighted by Gasteiger charge is -2.11. The van der Waals surface area contributed by atoms with Crippen LogP contribution in [0.25, 0.3) is 0 Å². The van der Waals surface area contributed by atoms with Crippen molar-refractivity contribution in [1.29, 1.82) is 0 Å². The quantitative estimate of drug-likeness (QED) is 0.797. The Hall–Kier alpha value is -1.37. The van der Waals surface area contributed by atoms with Crippen LogP contribution in [0.5, 0.6) is 11.5 Å². The number of benzene rings is 1. The van der Waals surface area contributed by atoms with Crippen molar-refractivity contribution in [2.45, 2.75) is 6.61 Å². The molecule has 15 heavy (non-hydrogen) atoms. The molecule has 80 valence electrons. The van der Waals surface area contributed by atoms with Crippen LogP contribution in [0.15, 0.2) is 12.1 Å². The van der Waals surface area contributed by atoms with Crippen LogP contribution in [0, 0.1) is 12.3 Å². The van der Waals surface area contributed by atoms with Gasteiger partial charge in [0.1, 0.15) is 6.61 Å². The van der Waals surface area contributed by atoms with Gasteiger partial charge in [0.2, 0.25) is 0 Å². The second-order valence-corrected chi connectivity index (χ2v) is 3.17. The third-order valence-corrected chi connectivity index (χ3v) is 2.05. The molecule has 0 aromatic heterocycles. The number of terminal acetylenes is 1. The molecular weight excluding hydrogens is 216 g/mol. The van der Waals surface area contributed by atoms with Crippen molar-refractivity contribution < 1.29 is 14.6 Å². The summed E-state index contributed by atoms with van der Waals surface area (Å²) in [7, 11) is 1.50. The Morgan fingerprint density at radius 2 is 2.27 bits per heavy atom. The minimum absolute atomic E-state index is 0.106. The molecule has 1 aromatic rings. The van der Waals surface area contributed by atoms with Crippen LogP contribution in [-0.4, -0.2) is 18.8 Å². The third-order valence-electron chi connectivity index (χ3n) is 1.77. The predicted octanol–water partition coefficient (Wildman–Crippen LogP) is 1.85. The number of methoxy groups -OCH3 is 1. The van der Waals surface area contributed by atoms with Gasteiger partial charge in [-0.25, -0.2) is 0 Å². The molecule has 0 heterocycles. The molecule has 0 saturated carbocycles. The van der Waals surface area contributed by atoms with Gasteiger partial charge in [0.15, 0.2) is 11.5 Å². The Bertz CT molecular complexity index is 382. The van der Waals surface area contributed by atoms with Gasteiger partial charge in [0, 0.05) is 0 Å². The molecule has 1 rings (SSSR count). The second-order valence-electron chi connectivity index (χ2n) is 2.76. The van der Waals surface area contributed by atoms with Gasteiger partial charge in [-0.2, -0.15) is 0 Å². The van der Waals surface area contributed by atoms with Gasteiger partial charge in [-0.05, 0) is 17.7 Å². The summed E-state index contributed by atoms with van der Waals surface area (Å²) in [5.74, 6) is 3.20. The Morgan fingerprint density at radius 1 is 1.53 bits per heavy atom. The molecule has 0 aliphatic rings. The van der Waals surface area contributed by atoms with Crippen molar-refractivity contribution in [3.8, 4) is 23.8 Å². The van der Waals surface area contributed by atoms with Crippen LogP contribution in [0.4, 0.5) is 0 Å². The van der Waals surface area contributed by atoms with E-state index in [0.29, 0.717) is 22.1 Å². The van der Waals surface area contributed by atoms with Crippen LogP contribution in [0.1, 0.15) is 5.56 Å². The average Bonchev–Trinajstić information content (AvgIpc) is 2.26. The first-order valence-corrected chi connectivity index (χ1v) is 4.64. The molecule has 4 heteroatoms. The van der Waals surface area contributed by atoms with Crippen molar-refractivity contribution in [3.05, 3.63) is 22.7 Å². The fraction of sp³-hybridized carbons (Fsp3) is 0.273. The molecule has 0 radical (unpaired) electrons. The molecule has 1 N–H and O–H groups in total. The first-order valence-electron chi connectivity index (χ1n) is 4.26. The molecule has 0 saturated heterocycles. The highest BCUT2D eigenvalue weighted by Gasteiger charge is 2.11. The fourth-order valence-electron chi connectivity index (χ4n) is 1.12. The minimum atomic E-state index is -0.106. The maximum Gasteiger partial charge on any atom is 0.181 e. The van der Waals surface area contributed by atoms with E-state index in [1.165, 1.54) is 7.11 Å². The van der Waals surface area contributed by atoms with E-state index < -0.39 is 0 Å². The SMILES string of the molecule is C#CCOc1c(Cl)cc(CO)cc1OC. The molecule has 3 nitrogen and oxygen atoms in total. The van der Waals surface area contributed by atoms with Gasteiger partial charge in [0.05, 0.1) is 18.7 Å². The van der Waals surface area contributed by atoms with E-state index in [9.17, 15) is 0 Å². The number of ether oxygens (including phenoxy) is 2. The van der Waals surface area contributed by atoms with E-state index in [4.69, 9.17) is 32.6 Å². The zero-order chi connectivity index (χ0) is 11.3. The average molecular weight is 227 g/mol. The molecule has 0 fully saturated rings. The Morgan fingerprint density at radius 3 is 2.80 bits per heavy atom. The summed E-state index contributed by atoms with van der Waals surface area (Å²) in [6, 6.07) is 3.26. The zero-order valence-electron chi connectivity index (χ0n) is 8.29. The predicted molar refractivity (Wildman–Crippen MR) is 58.3 cm³/mol. The lowest BCUT2D eigenvalue weighted by molar-refractivity contribution is 0.279. The van der Waals surface area contributed by atoms with Crippen LogP contribution < -0.4 is 9.47 Å². The molecule has 0 aliphatic heterocycles. The Labute approximate surface area is 93.6 Å². The highest BCUT2D eigenvalue weighted by molar-refractivity contribution is 6.32. The largest absolute Gasteiger partial charge is 0.493 e. The summed E-state index contributed by atoms with van der Waals surface area (Å²) in [6.07, 6.45) is 5.08. The summed E-state index contributed by atoms with van der Waals surface area (Å²) in [6.45, 7) is 0.0139. The van der Waals surface area contributed by atoms with Gasteiger partial charge in [-0.3, -0.25) is 0 Å². The highest BCUT2D eigenvalue weighted by atomic mass is 35.5. The van der Waals surface area contributed by atoms with E-state index >= 15 is 0 Å². The molecule has 0 unspecified atom stereocenters. The molecule has 0 bridgehead atoms. The van der Waals surface area contributed by atoms with Crippen molar-refractivity contribution in [3.63, 3.8) is 0 Å². The topological polar surface area (TPSA) is 38.7 Å². The maximum atomic E-state index is 8.96. The first kappa shape index (κ1) is 11.7. The summed E-state index contributed by atoms with van der Waals surface area (Å²) < 4.78 is 10.3. The van der Waals surface area contributed by atoms with Gasteiger partial charge in [-0.1, -0.05) is 17.5 Å². The number of hydrogen-bond acceptors (Lipinski definition) is 3. The number of aliphatic hydroxyl groups is 1. The number of hydrogen-bond donors (Lipinski definition) is 1. The van der Waals surface area contributed by atoms with Crippen LogP contribution in [0.3, 0.4) is 0 Å². The van der Waals surface area contributed by atoms with Crippen LogP contribution >= 0.6 is 11.6 Å². The van der Waals surface area contributed by atoms with Gasteiger partial charge in [-0.15, -0.1) is 6.42 Å². The maximum absolute atomic E-state index is 8.96. The van der Waals surface area contributed by atoms with Crippen molar-refractivity contribution in [1.82, 2.24) is 0 Å². The molecule has 0 amide bonds. The number of rotatable bonds is 4. The minimum Gasteiger partial charge on any atom is -0.493 e. The Kier molecular flexibility index (Phi) is 4.29. The molecule has 0 aliphatic carbocycles. The second kappa shape index (κ2) is 5.50. The van der Waals surface area contributed by atoms with Crippen molar-refractivity contribution in [2.75, 3.05) is 13.7 Å². The van der Waals surface area contributed by atoms with E-state index in [0.717, 1.165) is 0 Å². The molecule has 1 aromatic carbocycles. The standard InChI is InChI=1S/C11H11ClO3/c1-3-4-15-11-9(12)5-8(7-13)6-10(11)14-2/h1,5-6,13H,4,7H2,2H3. The van der Waals surface area contributed by atoms with E-state index in [1.54, 1.807) is 12.1 Å². The zero-order valence-corrected chi connectivity index (χ0v) is 9.04. The third kappa shape index (κ3) is 2.79. The normalized spacial score (nSPS) is 9.47. The monoisotopic (exact) mass is 226 g/mol. The van der Waals surface area contributed by atoms with Crippen molar-refractivity contribution >= 4 is 11.6 Å². The highest BCUT2D eigenvalue weighted by Crippen LogP contribution is 2.36. The number of halogens is 1. The lowest BCUT2D eigenvalue weighted by atomic mass is 10.2. The van der Waals surface area contributed by atoms with Gasteiger partial charge < -0.3 is 14.6 Å². The summed E-state index contributed by atoms with van der Waals surface area (Å²) in [5.41, 5.74) is 0.657. The fourth-order valence-corrected chi connectivity index (χ4v) is 1.41. The molecule has 0 atom stereocenters. The Balaban J connectivity index is 3.08. The molecule has 0 spiro atoms.